The number of hydrogen-bond acceptors (Lipinski definition) is 6. The minimum absolute atomic E-state index is 0.0775. The van der Waals surface area contributed by atoms with Crippen molar-refractivity contribution >= 4 is 33.7 Å². The van der Waals surface area contributed by atoms with Gasteiger partial charge in [0, 0.05) is 43.8 Å². The van der Waals surface area contributed by atoms with Crippen LogP contribution in [-0.4, -0.2) is 57.6 Å². The van der Waals surface area contributed by atoms with Crippen LogP contribution in [0.25, 0.3) is 16.4 Å². The fourth-order valence-electron chi connectivity index (χ4n) is 5.18. The Labute approximate surface area is 208 Å². The van der Waals surface area contributed by atoms with E-state index in [1.54, 1.807) is 28.5 Å². The molecule has 2 aliphatic rings. The standard InChI is InChI=1S/C26H30FN7O2/c1-15-10-18-11-21(23(36-3)14-34(18)30-15)29-26(35)24-20(27)12-22(19-13-32(2)31-25(19)24)33-8-6-17(7-9-33)28-16-4-5-16/h10-14,16-17,28H,4-9H2,1-3H3,(H,29,35). The molecule has 2 fully saturated rings. The van der Waals surface area contributed by atoms with Crippen LogP contribution in [0.2, 0.25) is 0 Å². The van der Waals surface area contributed by atoms with Gasteiger partial charge in [0.25, 0.3) is 5.91 Å². The lowest BCUT2D eigenvalue weighted by Crippen LogP contribution is -2.43. The van der Waals surface area contributed by atoms with Gasteiger partial charge in [-0.25, -0.2) is 8.91 Å². The van der Waals surface area contributed by atoms with Gasteiger partial charge in [-0.05, 0) is 50.8 Å². The van der Waals surface area contributed by atoms with E-state index in [2.05, 4.69) is 25.7 Å². The number of rotatable bonds is 6. The van der Waals surface area contributed by atoms with Gasteiger partial charge in [-0.3, -0.25) is 9.48 Å². The minimum Gasteiger partial charge on any atom is -0.493 e. The quantitative estimate of drug-likeness (QED) is 0.428. The molecular formula is C26H30FN7O2. The first kappa shape index (κ1) is 22.8. The van der Waals surface area contributed by atoms with Crippen molar-refractivity contribution in [2.45, 2.75) is 44.7 Å². The molecule has 4 heterocycles. The van der Waals surface area contributed by atoms with Crippen molar-refractivity contribution in [2.75, 3.05) is 30.4 Å². The molecule has 3 aromatic heterocycles. The van der Waals surface area contributed by atoms with E-state index in [1.807, 2.05) is 19.2 Å². The van der Waals surface area contributed by atoms with Crippen LogP contribution < -0.4 is 20.3 Å². The number of benzene rings is 1. The van der Waals surface area contributed by atoms with Gasteiger partial charge in [-0.15, -0.1) is 0 Å². The number of fused-ring (bicyclic) bond motifs is 2. The molecule has 188 valence electrons. The van der Waals surface area contributed by atoms with Crippen LogP contribution in [0.1, 0.15) is 41.7 Å². The number of amides is 1. The Bertz CT molecular complexity index is 1460. The zero-order chi connectivity index (χ0) is 25.0. The molecule has 0 bridgehead atoms. The Hall–Kier alpha value is -3.66. The number of pyridine rings is 1. The van der Waals surface area contributed by atoms with Crippen LogP contribution in [0, 0.1) is 12.7 Å². The van der Waals surface area contributed by atoms with E-state index in [1.165, 1.54) is 26.0 Å². The van der Waals surface area contributed by atoms with Crippen LogP contribution >= 0.6 is 0 Å². The second-order valence-corrected chi connectivity index (χ2v) is 9.88. The van der Waals surface area contributed by atoms with Crippen LogP contribution in [-0.2, 0) is 7.05 Å². The van der Waals surface area contributed by atoms with Gasteiger partial charge in [0.15, 0.2) is 5.75 Å². The Morgan fingerprint density at radius 2 is 1.83 bits per heavy atom. The number of hydrogen-bond donors (Lipinski definition) is 2. The van der Waals surface area contributed by atoms with Crippen molar-refractivity contribution in [2.24, 2.45) is 7.05 Å². The van der Waals surface area contributed by atoms with E-state index in [4.69, 9.17) is 4.74 Å². The molecule has 0 radical (unpaired) electrons. The maximum atomic E-state index is 15.6. The van der Waals surface area contributed by atoms with E-state index in [-0.39, 0.29) is 5.56 Å². The molecule has 1 saturated carbocycles. The molecule has 36 heavy (non-hydrogen) atoms. The first-order valence-corrected chi connectivity index (χ1v) is 12.4. The van der Waals surface area contributed by atoms with Gasteiger partial charge in [0.1, 0.15) is 16.9 Å². The summed E-state index contributed by atoms with van der Waals surface area (Å²) < 4.78 is 24.4. The number of aryl methyl sites for hydroxylation is 2. The summed E-state index contributed by atoms with van der Waals surface area (Å²) in [6, 6.07) is 6.33. The number of aromatic nitrogens is 4. The molecule has 2 N–H and O–H groups in total. The molecule has 1 aliphatic carbocycles. The number of nitrogens with zero attached hydrogens (tertiary/aromatic N) is 5. The lowest BCUT2D eigenvalue weighted by Gasteiger charge is -2.34. The molecule has 6 rings (SSSR count). The molecule has 10 heteroatoms. The highest BCUT2D eigenvalue weighted by molar-refractivity contribution is 6.14. The monoisotopic (exact) mass is 491 g/mol. The van der Waals surface area contributed by atoms with Crippen LogP contribution in [0.4, 0.5) is 15.8 Å². The van der Waals surface area contributed by atoms with Gasteiger partial charge in [0.05, 0.1) is 35.9 Å². The number of nitrogens with one attached hydrogen (secondary N) is 2. The Morgan fingerprint density at radius 3 is 2.56 bits per heavy atom. The summed E-state index contributed by atoms with van der Waals surface area (Å²) in [5, 5.41) is 16.2. The summed E-state index contributed by atoms with van der Waals surface area (Å²) in [6.07, 6.45) is 8.11. The van der Waals surface area contributed by atoms with Gasteiger partial charge >= 0.3 is 0 Å². The molecule has 1 aromatic carbocycles. The third kappa shape index (κ3) is 4.15. The third-order valence-electron chi connectivity index (χ3n) is 7.11. The summed E-state index contributed by atoms with van der Waals surface area (Å²) in [5.74, 6) is -0.739. The first-order valence-electron chi connectivity index (χ1n) is 12.4. The second-order valence-electron chi connectivity index (χ2n) is 9.88. The zero-order valence-corrected chi connectivity index (χ0v) is 20.7. The predicted molar refractivity (Wildman–Crippen MR) is 136 cm³/mol. The number of ether oxygens (including phenoxy) is 1. The van der Waals surface area contributed by atoms with E-state index >= 15 is 4.39 Å². The summed E-state index contributed by atoms with van der Waals surface area (Å²) in [4.78, 5) is 15.6. The largest absolute Gasteiger partial charge is 0.493 e. The first-order chi connectivity index (χ1) is 17.4. The molecule has 1 amide bonds. The number of carbonyl (C=O) groups excluding carboxylic acids is 1. The topological polar surface area (TPSA) is 88.7 Å². The molecule has 4 aromatic rings. The number of methoxy groups -OCH3 is 1. The highest BCUT2D eigenvalue weighted by Crippen LogP contribution is 2.34. The minimum atomic E-state index is -0.591. The zero-order valence-electron chi connectivity index (χ0n) is 20.7. The fraction of sp³-hybridized carbons (Fsp3) is 0.423. The molecule has 0 unspecified atom stereocenters. The summed E-state index contributed by atoms with van der Waals surface area (Å²) in [5.41, 5.74) is 3.12. The normalized spacial score (nSPS) is 16.7. The van der Waals surface area contributed by atoms with Crippen molar-refractivity contribution in [3.63, 3.8) is 0 Å². The highest BCUT2D eigenvalue weighted by atomic mass is 19.1. The maximum absolute atomic E-state index is 15.6. The van der Waals surface area contributed by atoms with Crippen LogP contribution in [0.5, 0.6) is 5.75 Å². The molecule has 9 nitrogen and oxygen atoms in total. The Morgan fingerprint density at radius 1 is 1.08 bits per heavy atom. The smallest absolute Gasteiger partial charge is 0.261 e. The predicted octanol–water partition coefficient (Wildman–Crippen LogP) is 3.65. The number of halogens is 1. The molecular weight excluding hydrogens is 461 g/mol. The Kier molecular flexibility index (Phi) is 5.55. The number of anilines is 2. The lowest BCUT2D eigenvalue weighted by molar-refractivity contribution is 0.102. The molecule has 1 saturated heterocycles. The second kappa shape index (κ2) is 8.77. The van der Waals surface area contributed by atoms with Crippen molar-refractivity contribution in [1.29, 1.82) is 0 Å². The van der Waals surface area contributed by atoms with Gasteiger partial charge in [0.2, 0.25) is 0 Å². The van der Waals surface area contributed by atoms with Crippen molar-refractivity contribution < 1.29 is 13.9 Å². The average molecular weight is 492 g/mol. The van der Waals surface area contributed by atoms with E-state index in [0.717, 1.165) is 48.2 Å². The van der Waals surface area contributed by atoms with Crippen molar-refractivity contribution in [3.8, 4) is 5.75 Å². The van der Waals surface area contributed by atoms with Gasteiger partial charge < -0.3 is 20.3 Å². The number of carbonyl (C=O) groups is 1. The van der Waals surface area contributed by atoms with Crippen LogP contribution in [0.15, 0.2) is 30.6 Å². The van der Waals surface area contributed by atoms with Crippen molar-refractivity contribution in [1.82, 2.24) is 24.7 Å². The maximum Gasteiger partial charge on any atom is 0.261 e. The molecule has 1 aliphatic heterocycles. The van der Waals surface area contributed by atoms with Crippen molar-refractivity contribution in [3.05, 3.63) is 47.7 Å². The number of piperidine rings is 1. The van der Waals surface area contributed by atoms with E-state index in [9.17, 15) is 4.79 Å². The lowest BCUT2D eigenvalue weighted by atomic mass is 10.0. The fourth-order valence-corrected chi connectivity index (χ4v) is 5.18. The van der Waals surface area contributed by atoms with E-state index in [0.29, 0.717) is 29.0 Å². The van der Waals surface area contributed by atoms with Gasteiger partial charge in [-0.1, -0.05) is 0 Å². The summed E-state index contributed by atoms with van der Waals surface area (Å²) in [6.45, 7) is 3.56. The third-order valence-corrected chi connectivity index (χ3v) is 7.11. The van der Waals surface area contributed by atoms with Gasteiger partial charge in [-0.2, -0.15) is 10.2 Å². The summed E-state index contributed by atoms with van der Waals surface area (Å²) >= 11 is 0. The van der Waals surface area contributed by atoms with Crippen LogP contribution in [0.3, 0.4) is 0 Å². The molecule has 0 atom stereocenters. The summed E-state index contributed by atoms with van der Waals surface area (Å²) in [7, 11) is 3.30. The van der Waals surface area contributed by atoms with E-state index < -0.39 is 11.7 Å². The molecule has 0 spiro atoms. The SMILES string of the molecule is COc1cn2nc(C)cc2cc1NC(=O)c1c(F)cc(N2CCC(NC3CC3)CC2)c2cn(C)nc12. The Balaban J connectivity index is 1.31. The average Bonchev–Trinajstić information content (AvgIpc) is 3.46. The highest BCUT2D eigenvalue weighted by Gasteiger charge is 2.29.